The number of pyridine rings is 1. The predicted octanol–water partition coefficient (Wildman–Crippen LogP) is 8.01. The van der Waals surface area contributed by atoms with Gasteiger partial charge in [0.15, 0.2) is 5.82 Å². The molecule has 3 aromatic heterocycles. The number of hydrogen-bond acceptors (Lipinski definition) is 9. The summed E-state index contributed by atoms with van der Waals surface area (Å²) in [7, 11) is -2.84. The molecule has 4 aromatic rings. The molecule has 3 saturated carbocycles. The van der Waals surface area contributed by atoms with Crippen LogP contribution in [0.5, 0.6) is 5.75 Å². The monoisotopic (exact) mass is 751 g/mol. The lowest BCUT2D eigenvalue weighted by Crippen LogP contribution is -2.52. The summed E-state index contributed by atoms with van der Waals surface area (Å²) in [6.07, 6.45) is 17.8. The Bertz CT molecular complexity index is 2130. The molecule has 11 heteroatoms. The first-order chi connectivity index (χ1) is 26.0. The van der Waals surface area contributed by atoms with Crippen LogP contribution in [0.2, 0.25) is 0 Å². The molecule has 1 unspecified atom stereocenters. The molecule has 0 spiro atoms. The zero-order valence-electron chi connectivity index (χ0n) is 32.2. The van der Waals surface area contributed by atoms with Crippen molar-refractivity contribution in [3.8, 4) is 17.1 Å². The summed E-state index contributed by atoms with van der Waals surface area (Å²) in [5.74, 6) is 4.02. The highest BCUT2D eigenvalue weighted by atomic mass is 32.2. The van der Waals surface area contributed by atoms with Crippen LogP contribution in [0.15, 0.2) is 48.8 Å². The van der Waals surface area contributed by atoms with Crippen LogP contribution in [-0.2, 0) is 25.6 Å². The number of unbranched alkanes of at least 4 members (excludes halogenated alkanes) is 2. The van der Waals surface area contributed by atoms with Gasteiger partial charge in [0.2, 0.25) is 0 Å². The summed E-state index contributed by atoms with van der Waals surface area (Å²) < 4.78 is 27.8. The summed E-state index contributed by atoms with van der Waals surface area (Å²) in [6.45, 7) is 9.56. The van der Waals surface area contributed by atoms with Gasteiger partial charge in [-0.2, -0.15) is 0 Å². The topological polar surface area (TPSA) is 131 Å². The van der Waals surface area contributed by atoms with Crippen molar-refractivity contribution in [3.63, 3.8) is 0 Å². The quantitative estimate of drug-likeness (QED) is 0.131. The van der Waals surface area contributed by atoms with Crippen molar-refractivity contribution in [2.45, 2.75) is 107 Å². The van der Waals surface area contributed by atoms with Crippen molar-refractivity contribution in [3.05, 3.63) is 65.6 Å². The molecule has 0 amide bonds. The summed E-state index contributed by atoms with van der Waals surface area (Å²) >= 11 is 0. The minimum atomic E-state index is -2.84. The molecule has 4 aliphatic carbocycles. The highest BCUT2D eigenvalue weighted by molar-refractivity contribution is 7.93. The minimum absolute atomic E-state index is 0.260. The summed E-state index contributed by atoms with van der Waals surface area (Å²) in [5, 5.41) is 11.0. The number of nitrogens with one attached hydrogen (secondary N) is 2. The number of aromatic nitrogens is 4. The molecule has 10 nitrogen and oxygen atoms in total. The van der Waals surface area contributed by atoms with E-state index in [4.69, 9.17) is 19.5 Å². The van der Waals surface area contributed by atoms with E-state index < -0.39 is 14.5 Å². The maximum Gasteiger partial charge on any atom is 0.162 e. The Morgan fingerprint density at radius 3 is 2.72 bits per heavy atom. The second-order valence-electron chi connectivity index (χ2n) is 17.6. The smallest absolute Gasteiger partial charge is 0.162 e. The average Bonchev–Trinajstić information content (AvgIpc) is 3.74. The lowest BCUT2D eigenvalue weighted by Gasteiger charge is -2.50. The van der Waals surface area contributed by atoms with Gasteiger partial charge in [0, 0.05) is 67.9 Å². The Balaban J connectivity index is 0.783. The third kappa shape index (κ3) is 6.32. The molecule has 1 aromatic carbocycles. The van der Waals surface area contributed by atoms with E-state index in [-0.39, 0.29) is 6.04 Å². The van der Waals surface area contributed by atoms with E-state index in [0.29, 0.717) is 29.0 Å². The Labute approximate surface area is 320 Å². The zero-order chi connectivity index (χ0) is 37.2. The van der Waals surface area contributed by atoms with Crippen LogP contribution in [0.4, 0.5) is 5.82 Å². The largest absolute Gasteiger partial charge is 0.508 e. The molecule has 288 valence electrons. The molecule has 5 aliphatic rings. The van der Waals surface area contributed by atoms with Crippen LogP contribution >= 0.6 is 0 Å². The molecule has 0 bridgehead atoms. The molecule has 1 saturated heterocycles. The van der Waals surface area contributed by atoms with Gasteiger partial charge in [-0.1, -0.05) is 13.0 Å². The van der Waals surface area contributed by atoms with E-state index in [2.05, 4.69) is 39.7 Å². The number of piperazine rings is 1. The third-order valence-corrected chi connectivity index (χ3v) is 16.5. The van der Waals surface area contributed by atoms with Gasteiger partial charge in [0.1, 0.15) is 17.2 Å². The van der Waals surface area contributed by atoms with Gasteiger partial charge in [-0.25, -0.2) is 19.2 Å². The number of phenolic OH excluding ortho intramolecular Hbond substituents is 1. The SMILES string of the molecule is C[C@@H]1CN(CCCCCO[C@H]2CC[C@H]3[C@@H]4CCc5cc(O)ccc5[C@H]4CC[C@]23C)CCN1c1cc(C2(S(C)(=N)=O)CC2)nc(-c2ccnc3[nH]ccc23)n1. The summed E-state index contributed by atoms with van der Waals surface area (Å²) in [5.41, 5.74) is 5.59. The molecule has 4 heterocycles. The molecule has 9 rings (SSSR count). The van der Waals surface area contributed by atoms with Gasteiger partial charge in [-0.3, -0.25) is 9.68 Å². The number of aryl methyl sites for hydroxylation is 1. The first kappa shape index (κ1) is 36.1. The van der Waals surface area contributed by atoms with Crippen LogP contribution in [0, 0.1) is 22.0 Å². The van der Waals surface area contributed by atoms with E-state index >= 15 is 0 Å². The fourth-order valence-electron chi connectivity index (χ4n) is 11.3. The van der Waals surface area contributed by atoms with Crippen LogP contribution in [0.25, 0.3) is 22.4 Å². The van der Waals surface area contributed by atoms with Crippen molar-refractivity contribution in [2.75, 3.05) is 43.9 Å². The van der Waals surface area contributed by atoms with Crippen LogP contribution < -0.4 is 4.90 Å². The average molecular weight is 752 g/mol. The predicted molar refractivity (Wildman–Crippen MR) is 214 cm³/mol. The number of phenols is 1. The third-order valence-electron chi connectivity index (χ3n) is 14.4. The van der Waals surface area contributed by atoms with E-state index in [1.165, 1.54) is 56.1 Å². The number of H-pyrrole nitrogens is 1. The molecular formula is C43H57N7O3S. The van der Waals surface area contributed by atoms with E-state index in [0.717, 1.165) is 98.4 Å². The van der Waals surface area contributed by atoms with Gasteiger partial charge in [-0.05, 0) is 143 Å². The highest BCUT2D eigenvalue weighted by Crippen LogP contribution is 2.61. The Hall–Kier alpha value is -3.54. The number of anilines is 1. The van der Waals surface area contributed by atoms with Crippen molar-refractivity contribution in [1.82, 2.24) is 24.8 Å². The fourth-order valence-corrected chi connectivity index (χ4v) is 12.6. The van der Waals surface area contributed by atoms with Crippen LogP contribution in [0.1, 0.15) is 101 Å². The van der Waals surface area contributed by atoms with E-state index in [1.807, 2.05) is 36.5 Å². The van der Waals surface area contributed by atoms with Gasteiger partial charge < -0.3 is 19.7 Å². The molecule has 0 radical (unpaired) electrons. The number of ether oxygens (including phenoxy) is 1. The molecule has 4 fully saturated rings. The molecule has 3 N–H and O–H groups in total. The van der Waals surface area contributed by atoms with Crippen molar-refractivity contribution < 1.29 is 14.1 Å². The number of rotatable bonds is 11. The zero-order valence-corrected chi connectivity index (χ0v) is 33.0. The second kappa shape index (κ2) is 13.9. The number of fused-ring (bicyclic) bond motifs is 6. The lowest BCUT2D eigenvalue weighted by atomic mass is 9.55. The lowest BCUT2D eigenvalue weighted by molar-refractivity contribution is -0.0647. The van der Waals surface area contributed by atoms with Gasteiger partial charge in [0.25, 0.3) is 0 Å². The maximum atomic E-state index is 13.2. The van der Waals surface area contributed by atoms with Crippen LogP contribution in [0.3, 0.4) is 0 Å². The summed E-state index contributed by atoms with van der Waals surface area (Å²) in [6, 6.07) is 12.3. The number of aromatic hydroxyl groups is 1. The highest BCUT2D eigenvalue weighted by Gasteiger charge is 2.55. The Morgan fingerprint density at radius 1 is 1.04 bits per heavy atom. The number of benzene rings is 1. The number of nitrogens with zero attached hydrogens (tertiary/aromatic N) is 5. The fraction of sp³-hybridized carbons (Fsp3) is 0.605. The maximum absolute atomic E-state index is 13.2. The normalized spacial score (nSPS) is 30.1. The Kier molecular flexibility index (Phi) is 9.29. The van der Waals surface area contributed by atoms with Crippen molar-refractivity contribution in [1.29, 1.82) is 4.78 Å². The first-order valence-corrected chi connectivity index (χ1v) is 22.5. The van der Waals surface area contributed by atoms with Crippen molar-refractivity contribution >= 4 is 26.6 Å². The standard InChI is InChI=1S/C43H57N7O3S/c1-28-27-49(21-5-4-6-24-53-38-12-11-36-33-9-7-29-25-30(51)8-10-31(29)32(33)13-16-42(36,38)2)22-23-50(28)39-26-37(43(17-18-43)54(3,44)52)47-41(48-39)35-15-20-46-40-34(35)14-19-45-40/h8,10,14-15,19-20,25-26,28,32-33,36,38,44,51H,4-7,9,11-13,16-18,21-24,27H2,1-3H3,(H,45,46)/t28-,32-,33-,36+,38+,42+,54?/m1/s1. The van der Waals surface area contributed by atoms with E-state index in [9.17, 15) is 9.32 Å². The molecule has 54 heavy (non-hydrogen) atoms. The second-order valence-corrected chi connectivity index (χ2v) is 20.0. The number of hydrogen-bond donors (Lipinski definition) is 3. The van der Waals surface area contributed by atoms with E-state index in [1.54, 1.807) is 12.5 Å². The van der Waals surface area contributed by atoms with Gasteiger partial charge >= 0.3 is 0 Å². The summed E-state index contributed by atoms with van der Waals surface area (Å²) in [4.78, 5) is 22.8. The molecular weight excluding hydrogens is 695 g/mol. The Morgan fingerprint density at radius 2 is 1.91 bits per heavy atom. The van der Waals surface area contributed by atoms with Gasteiger partial charge in [0.05, 0.1) is 26.3 Å². The molecule has 7 atom stereocenters. The number of aromatic amines is 1. The van der Waals surface area contributed by atoms with Crippen molar-refractivity contribution in [2.24, 2.45) is 17.3 Å². The molecule has 1 aliphatic heterocycles. The van der Waals surface area contributed by atoms with Crippen LogP contribution in [-0.4, -0.2) is 85.3 Å². The van der Waals surface area contributed by atoms with Gasteiger partial charge in [-0.15, -0.1) is 0 Å². The minimum Gasteiger partial charge on any atom is -0.508 e. The first-order valence-electron chi connectivity index (χ1n) is 20.5.